The number of halogens is 1. The first kappa shape index (κ1) is 22.3. The fourth-order valence-electron chi connectivity index (χ4n) is 4.23. The molecule has 2 unspecified atom stereocenters. The topological polar surface area (TPSA) is 24.9 Å². The minimum Gasteiger partial charge on any atom is -0.494 e. The summed E-state index contributed by atoms with van der Waals surface area (Å²) in [4.78, 5) is 4.78. The van der Waals surface area contributed by atoms with E-state index in [0.29, 0.717) is 11.7 Å². The van der Waals surface area contributed by atoms with Gasteiger partial charge in [0, 0.05) is 45.3 Å². The van der Waals surface area contributed by atoms with Crippen LogP contribution in [0.5, 0.6) is 5.75 Å². The number of hydrogen-bond acceptors (Lipinski definition) is 4. The minimum atomic E-state index is -0.269. The van der Waals surface area contributed by atoms with Crippen molar-refractivity contribution in [3.63, 3.8) is 0 Å². The summed E-state index contributed by atoms with van der Waals surface area (Å²) >= 11 is 0. The van der Waals surface area contributed by atoms with E-state index in [4.69, 9.17) is 9.47 Å². The standard InChI is InChI=1S/C25H33FN2O2/c1-4-8-24(29-2)22(20-9-6-5-7-10-20)13-14-27-15-17-28(18-16-27)23-12-11-21(26)19-25(23)30-3/h4-12,19,22,24H,13-18H2,1-3H3. The van der Waals surface area contributed by atoms with Crippen LogP contribution in [0.25, 0.3) is 0 Å². The monoisotopic (exact) mass is 412 g/mol. The maximum atomic E-state index is 13.5. The Kier molecular flexibility index (Phi) is 8.29. The highest BCUT2D eigenvalue weighted by Gasteiger charge is 2.24. The molecule has 1 heterocycles. The van der Waals surface area contributed by atoms with Crippen molar-refractivity contribution in [1.29, 1.82) is 0 Å². The van der Waals surface area contributed by atoms with E-state index in [1.165, 1.54) is 17.7 Å². The number of methoxy groups -OCH3 is 2. The van der Waals surface area contributed by atoms with Crippen LogP contribution in [0.2, 0.25) is 0 Å². The number of benzene rings is 2. The van der Waals surface area contributed by atoms with Crippen LogP contribution >= 0.6 is 0 Å². The van der Waals surface area contributed by atoms with E-state index in [1.807, 2.05) is 13.0 Å². The second kappa shape index (κ2) is 11.1. The Hall–Kier alpha value is -2.37. The Morgan fingerprint density at radius 3 is 2.40 bits per heavy atom. The number of allylic oxidation sites excluding steroid dienone is 1. The molecule has 0 spiro atoms. The first-order valence-corrected chi connectivity index (χ1v) is 10.7. The molecule has 30 heavy (non-hydrogen) atoms. The van der Waals surface area contributed by atoms with E-state index in [1.54, 1.807) is 14.2 Å². The van der Waals surface area contributed by atoms with Gasteiger partial charge in [-0.3, -0.25) is 4.90 Å². The molecule has 4 nitrogen and oxygen atoms in total. The number of anilines is 1. The summed E-state index contributed by atoms with van der Waals surface area (Å²) in [5.74, 6) is 0.652. The van der Waals surface area contributed by atoms with Crippen LogP contribution in [0.3, 0.4) is 0 Å². The van der Waals surface area contributed by atoms with Crippen molar-refractivity contribution in [3.05, 3.63) is 72.1 Å². The molecule has 2 aromatic carbocycles. The molecule has 2 aromatic rings. The lowest BCUT2D eigenvalue weighted by molar-refractivity contribution is 0.107. The number of piperazine rings is 1. The predicted molar refractivity (Wildman–Crippen MR) is 121 cm³/mol. The lowest BCUT2D eigenvalue weighted by atomic mass is 9.89. The van der Waals surface area contributed by atoms with Crippen LogP contribution < -0.4 is 9.64 Å². The highest BCUT2D eigenvalue weighted by molar-refractivity contribution is 5.59. The van der Waals surface area contributed by atoms with Gasteiger partial charge >= 0.3 is 0 Å². The molecular weight excluding hydrogens is 379 g/mol. The molecule has 0 radical (unpaired) electrons. The number of nitrogens with zero attached hydrogens (tertiary/aromatic N) is 2. The first-order valence-electron chi connectivity index (χ1n) is 10.7. The molecule has 0 amide bonds. The van der Waals surface area contributed by atoms with E-state index in [2.05, 4.69) is 52.3 Å². The molecule has 1 fully saturated rings. The fourth-order valence-corrected chi connectivity index (χ4v) is 4.23. The molecule has 0 aromatic heterocycles. The summed E-state index contributed by atoms with van der Waals surface area (Å²) in [6, 6.07) is 15.4. The average Bonchev–Trinajstić information content (AvgIpc) is 2.79. The van der Waals surface area contributed by atoms with Crippen LogP contribution in [0.4, 0.5) is 10.1 Å². The lowest BCUT2D eigenvalue weighted by Gasteiger charge is -2.37. The van der Waals surface area contributed by atoms with Crippen LogP contribution in [-0.4, -0.2) is 57.9 Å². The zero-order chi connectivity index (χ0) is 21.3. The Morgan fingerprint density at radius 2 is 1.77 bits per heavy atom. The van der Waals surface area contributed by atoms with E-state index >= 15 is 0 Å². The summed E-state index contributed by atoms with van der Waals surface area (Å²) in [5, 5.41) is 0. The highest BCUT2D eigenvalue weighted by atomic mass is 19.1. The van der Waals surface area contributed by atoms with Gasteiger partial charge in [-0.05, 0) is 37.6 Å². The highest BCUT2D eigenvalue weighted by Crippen LogP contribution is 2.30. The summed E-state index contributed by atoms with van der Waals surface area (Å²) in [7, 11) is 3.38. The molecule has 0 bridgehead atoms. The molecule has 1 aliphatic heterocycles. The molecule has 1 saturated heterocycles. The van der Waals surface area contributed by atoms with Gasteiger partial charge < -0.3 is 14.4 Å². The molecule has 0 N–H and O–H groups in total. The summed E-state index contributed by atoms with van der Waals surface area (Å²) in [6.07, 6.45) is 5.32. The van der Waals surface area contributed by atoms with Crippen molar-refractivity contribution in [3.8, 4) is 5.75 Å². The Balaban J connectivity index is 1.60. The molecular formula is C25H33FN2O2. The van der Waals surface area contributed by atoms with Gasteiger partial charge in [0.2, 0.25) is 0 Å². The van der Waals surface area contributed by atoms with Crippen LogP contribution in [-0.2, 0) is 4.74 Å². The quantitative estimate of drug-likeness (QED) is 0.557. The number of ether oxygens (including phenoxy) is 2. The van der Waals surface area contributed by atoms with Gasteiger partial charge in [0.1, 0.15) is 11.6 Å². The third-order valence-corrected chi connectivity index (χ3v) is 5.89. The Morgan fingerprint density at radius 1 is 1.03 bits per heavy atom. The maximum Gasteiger partial charge on any atom is 0.145 e. The summed E-state index contributed by atoms with van der Waals surface area (Å²) in [5.41, 5.74) is 2.28. The van der Waals surface area contributed by atoms with Crippen LogP contribution in [0.15, 0.2) is 60.7 Å². The van der Waals surface area contributed by atoms with E-state index in [9.17, 15) is 4.39 Å². The predicted octanol–water partition coefficient (Wildman–Crippen LogP) is 4.72. The van der Waals surface area contributed by atoms with Crippen LogP contribution in [0, 0.1) is 5.82 Å². The molecule has 0 aliphatic carbocycles. The summed E-state index contributed by atoms with van der Waals surface area (Å²) < 4.78 is 24.7. The molecule has 3 rings (SSSR count). The third kappa shape index (κ3) is 5.61. The van der Waals surface area contributed by atoms with E-state index in [-0.39, 0.29) is 11.9 Å². The second-order valence-electron chi connectivity index (χ2n) is 7.68. The normalized spacial score (nSPS) is 17.3. The smallest absolute Gasteiger partial charge is 0.145 e. The van der Waals surface area contributed by atoms with Gasteiger partial charge in [-0.15, -0.1) is 0 Å². The van der Waals surface area contributed by atoms with Crippen molar-refractivity contribution in [2.75, 3.05) is 51.8 Å². The Labute approximate surface area is 179 Å². The SMILES string of the molecule is CC=CC(OC)C(CCN1CCN(c2ccc(F)cc2OC)CC1)c1ccccc1. The van der Waals surface area contributed by atoms with Gasteiger partial charge in [0.05, 0.1) is 18.9 Å². The van der Waals surface area contributed by atoms with Crippen molar-refractivity contribution >= 4 is 5.69 Å². The van der Waals surface area contributed by atoms with Gasteiger partial charge in [-0.25, -0.2) is 4.39 Å². The largest absolute Gasteiger partial charge is 0.494 e. The first-order chi connectivity index (χ1) is 14.7. The van der Waals surface area contributed by atoms with Crippen molar-refractivity contribution in [2.24, 2.45) is 0 Å². The summed E-state index contributed by atoms with van der Waals surface area (Å²) in [6.45, 7) is 6.82. The third-order valence-electron chi connectivity index (χ3n) is 5.89. The van der Waals surface area contributed by atoms with Gasteiger partial charge in [-0.2, -0.15) is 0 Å². The average molecular weight is 413 g/mol. The molecule has 1 aliphatic rings. The van der Waals surface area contributed by atoms with Gasteiger partial charge in [0.25, 0.3) is 0 Å². The number of hydrogen-bond donors (Lipinski definition) is 0. The maximum absolute atomic E-state index is 13.5. The van der Waals surface area contributed by atoms with Gasteiger partial charge in [-0.1, -0.05) is 42.5 Å². The lowest BCUT2D eigenvalue weighted by Crippen LogP contribution is -2.47. The second-order valence-corrected chi connectivity index (χ2v) is 7.68. The van der Waals surface area contributed by atoms with Crippen LogP contribution in [0.1, 0.15) is 24.8 Å². The Bertz CT molecular complexity index is 804. The zero-order valence-electron chi connectivity index (χ0n) is 18.3. The molecule has 5 heteroatoms. The van der Waals surface area contributed by atoms with E-state index in [0.717, 1.165) is 44.8 Å². The van der Waals surface area contributed by atoms with Gasteiger partial charge in [0.15, 0.2) is 0 Å². The van der Waals surface area contributed by atoms with Crippen molar-refractivity contribution in [1.82, 2.24) is 4.90 Å². The minimum absolute atomic E-state index is 0.0714. The molecule has 2 atom stereocenters. The fraction of sp³-hybridized carbons (Fsp3) is 0.440. The van der Waals surface area contributed by atoms with Crippen molar-refractivity contribution in [2.45, 2.75) is 25.4 Å². The number of rotatable bonds is 9. The molecule has 162 valence electrons. The zero-order valence-corrected chi connectivity index (χ0v) is 18.3. The van der Waals surface area contributed by atoms with E-state index < -0.39 is 0 Å². The molecule has 0 saturated carbocycles. The van der Waals surface area contributed by atoms with Crippen molar-refractivity contribution < 1.29 is 13.9 Å².